The Morgan fingerprint density at radius 3 is 2.44 bits per heavy atom. The molecule has 0 aliphatic rings. The lowest BCUT2D eigenvalue weighted by molar-refractivity contribution is -0.154. The molecule has 1 aromatic heterocycles. The number of H-pyrrole nitrogens is 1. The molecular formula is C29H41N5O10S. The van der Waals surface area contributed by atoms with E-state index < -0.39 is 47.2 Å². The number of phenols is 1. The lowest BCUT2D eigenvalue weighted by Crippen LogP contribution is -2.47. The molecule has 0 fully saturated rings. The first kappa shape index (κ1) is 37.0. The minimum Gasteiger partial charge on any atom is -0.508 e. The van der Waals surface area contributed by atoms with E-state index in [1.807, 2.05) is 0 Å². The number of fused-ring (bicyclic) bond motifs is 1. The number of aliphatic hydroxyl groups is 1. The zero-order chi connectivity index (χ0) is 33.6. The van der Waals surface area contributed by atoms with Crippen LogP contribution in [0.1, 0.15) is 45.1 Å². The van der Waals surface area contributed by atoms with E-state index >= 15 is 0 Å². The van der Waals surface area contributed by atoms with Crippen molar-refractivity contribution < 1.29 is 48.8 Å². The van der Waals surface area contributed by atoms with Gasteiger partial charge in [-0.25, -0.2) is 0 Å². The maximum Gasteiger partial charge on any atom is 0.322 e. The van der Waals surface area contributed by atoms with E-state index in [1.54, 1.807) is 24.4 Å². The van der Waals surface area contributed by atoms with Crippen molar-refractivity contribution in [2.75, 3.05) is 32.0 Å². The first-order valence-electron chi connectivity index (χ1n) is 14.3. The first-order chi connectivity index (χ1) is 21.2. The van der Waals surface area contributed by atoms with E-state index in [2.05, 4.69) is 20.9 Å². The Hall–Kier alpha value is -4.15. The number of esters is 1. The number of ether oxygens (including phenoxy) is 1. The molecule has 1 heterocycles. The third-order valence-corrected chi connectivity index (χ3v) is 7.53. The van der Waals surface area contributed by atoms with Gasteiger partial charge in [-0.1, -0.05) is 25.6 Å². The third kappa shape index (κ3) is 13.2. The number of rotatable bonds is 19. The van der Waals surface area contributed by atoms with Gasteiger partial charge < -0.3 is 46.7 Å². The number of aliphatic hydroxyl groups excluding tert-OH is 1. The number of carbonyl (C=O) groups excluding carboxylic acids is 5. The van der Waals surface area contributed by atoms with Crippen molar-refractivity contribution in [3.63, 3.8) is 0 Å². The lowest BCUT2D eigenvalue weighted by Gasteiger charge is -2.29. The summed E-state index contributed by atoms with van der Waals surface area (Å²) >= 11 is 0.909. The van der Waals surface area contributed by atoms with Crippen LogP contribution < -0.4 is 21.7 Å². The highest BCUT2D eigenvalue weighted by molar-refractivity contribution is 8.13. The van der Waals surface area contributed by atoms with E-state index in [9.17, 15) is 39.0 Å². The second-order valence-electron chi connectivity index (χ2n) is 11.0. The van der Waals surface area contributed by atoms with Crippen LogP contribution in [0.25, 0.3) is 10.9 Å². The number of nitrogens with one attached hydrogen (secondary N) is 4. The molecule has 0 saturated heterocycles. The van der Waals surface area contributed by atoms with E-state index in [0.717, 1.165) is 28.2 Å². The van der Waals surface area contributed by atoms with Gasteiger partial charge in [0.25, 0.3) is 0 Å². The van der Waals surface area contributed by atoms with Crippen molar-refractivity contribution in [1.82, 2.24) is 20.9 Å². The minimum atomic E-state index is -1.58. The van der Waals surface area contributed by atoms with Gasteiger partial charge in [-0.2, -0.15) is 0 Å². The number of hydrogen-bond acceptors (Lipinski definition) is 11. The fourth-order valence-electron chi connectivity index (χ4n) is 3.99. The number of carbonyl (C=O) groups is 6. The van der Waals surface area contributed by atoms with Gasteiger partial charge in [0.2, 0.25) is 17.7 Å². The average molecular weight is 652 g/mol. The Balaban J connectivity index is 1.56. The van der Waals surface area contributed by atoms with Crippen LogP contribution in [0, 0.1) is 5.41 Å². The molecule has 0 aliphatic heterocycles. The molecule has 248 valence electrons. The first-order valence-corrected chi connectivity index (χ1v) is 15.3. The highest BCUT2D eigenvalue weighted by atomic mass is 32.2. The van der Waals surface area contributed by atoms with E-state index in [1.165, 1.54) is 13.8 Å². The second-order valence-corrected chi connectivity index (χ2v) is 12.1. The molecule has 0 spiro atoms. The highest BCUT2D eigenvalue weighted by Gasteiger charge is 2.35. The smallest absolute Gasteiger partial charge is 0.322 e. The number of hydrogen-bond donors (Lipinski definition) is 8. The van der Waals surface area contributed by atoms with Gasteiger partial charge in [-0.05, 0) is 36.6 Å². The predicted molar refractivity (Wildman–Crippen MR) is 165 cm³/mol. The summed E-state index contributed by atoms with van der Waals surface area (Å²) in [5, 5.41) is 37.0. The number of thioether (sulfide) groups is 1. The fourth-order valence-corrected chi connectivity index (χ4v) is 4.65. The van der Waals surface area contributed by atoms with Crippen LogP contribution in [0.2, 0.25) is 0 Å². The quantitative estimate of drug-likeness (QED) is 0.0565. The Kier molecular flexibility index (Phi) is 14.8. The third-order valence-electron chi connectivity index (χ3n) is 6.66. The normalized spacial score (nSPS) is 12.6. The molecule has 45 heavy (non-hydrogen) atoms. The number of carboxylic acids is 1. The van der Waals surface area contributed by atoms with Crippen LogP contribution in [-0.2, 0) is 39.9 Å². The maximum absolute atomic E-state index is 12.3. The van der Waals surface area contributed by atoms with Gasteiger partial charge in [0.1, 0.15) is 17.9 Å². The largest absolute Gasteiger partial charge is 0.508 e. The number of aliphatic carboxylic acids is 1. The molecule has 2 aromatic rings. The maximum atomic E-state index is 12.3. The second kappa shape index (κ2) is 18.0. The molecule has 0 unspecified atom stereocenters. The molecule has 1 aromatic carbocycles. The summed E-state index contributed by atoms with van der Waals surface area (Å²) in [6, 6.07) is 3.83. The van der Waals surface area contributed by atoms with Crippen molar-refractivity contribution in [1.29, 1.82) is 0 Å². The molecule has 3 amide bonds. The van der Waals surface area contributed by atoms with E-state index in [4.69, 9.17) is 15.6 Å². The van der Waals surface area contributed by atoms with Crippen molar-refractivity contribution in [2.45, 2.75) is 58.1 Å². The van der Waals surface area contributed by atoms with Crippen LogP contribution in [0.15, 0.2) is 24.4 Å². The number of nitrogens with two attached hydrogens (primary N) is 1. The van der Waals surface area contributed by atoms with Gasteiger partial charge in [-0.15, -0.1) is 0 Å². The molecule has 0 aliphatic carbocycles. The molecular weight excluding hydrogens is 610 g/mol. The summed E-state index contributed by atoms with van der Waals surface area (Å²) in [6.07, 6.45) is -0.0877. The van der Waals surface area contributed by atoms with Gasteiger partial charge in [-0.3, -0.25) is 28.8 Å². The summed E-state index contributed by atoms with van der Waals surface area (Å²) in [4.78, 5) is 74.2. The van der Waals surface area contributed by atoms with Crippen LogP contribution in [-0.4, -0.2) is 99.2 Å². The van der Waals surface area contributed by atoms with Crippen LogP contribution in [0.3, 0.4) is 0 Å². The molecule has 16 heteroatoms. The summed E-state index contributed by atoms with van der Waals surface area (Å²) in [5.41, 5.74) is 6.19. The Morgan fingerprint density at radius 2 is 1.73 bits per heavy atom. The SMILES string of the molecule is CC(C)(COC(=O)[C@@H](N)CCC(=O)O)[C@@H](O)C(=O)NCCC(=O)NCCSC(=O)CC(=O)NCCc1c[nH]c2ccc(O)cc12. The number of aromatic amines is 1. The summed E-state index contributed by atoms with van der Waals surface area (Å²) in [6.45, 7) is 3.02. The standard InChI is InChI=1S/C29H41N5O10S/c1-29(2,16-44-28(43)20(30)4-6-24(38)39)26(41)27(42)33-10-8-22(36)32-11-12-45-25(40)14-23(37)31-9-7-17-15-34-21-5-3-18(35)13-19(17)21/h3,5,13,15,20,26,34-35,41H,4,6-12,14,16,30H2,1-2H3,(H,31,37)(H,32,36)(H,33,42)(H,38,39)/t20-,26-/m0/s1. The predicted octanol–water partition coefficient (Wildman–Crippen LogP) is -0.0730. The van der Waals surface area contributed by atoms with Gasteiger partial charge in [0, 0.05) is 60.7 Å². The Morgan fingerprint density at radius 1 is 1.02 bits per heavy atom. The zero-order valence-corrected chi connectivity index (χ0v) is 26.0. The molecule has 0 saturated carbocycles. The number of carboxylic acid groups (broad SMARTS) is 1. The topological polar surface area (TPSA) is 250 Å². The molecule has 0 radical (unpaired) electrons. The zero-order valence-electron chi connectivity index (χ0n) is 25.2. The summed E-state index contributed by atoms with van der Waals surface area (Å²) in [7, 11) is 0. The van der Waals surface area contributed by atoms with Crippen molar-refractivity contribution >= 4 is 57.4 Å². The van der Waals surface area contributed by atoms with Crippen molar-refractivity contribution in [3.05, 3.63) is 30.0 Å². The van der Waals surface area contributed by atoms with Crippen LogP contribution >= 0.6 is 11.8 Å². The highest BCUT2D eigenvalue weighted by Crippen LogP contribution is 2.23. The van der Waals surface area contributed by atoms with Crippen molar-refractivity contribution in [2.24, 2.45) is 11.1 Å². The molecule has 2 rings (SSSR count). The molecule has 15 nitrogen and oxygen atoms in total. The Bertz CT molecular complexity index is 1360. The number of aromatic hydroxyl groups is 1. The monoisotopic (exact) mass is 651 g/mol. The number of amides is 3. The average Bonchev–Trinajstić information content (AvgIpc) is 3.38. The van der Waals surface area contributed by atoms with Crippen LogP contribution in [0.4, 0.5) is 0 Å². The van der Waals surface area contributed by atoms with E-state index in [-0.39, 0.29) is 62.0 Å². The van der Waals surface area contributed by atoms with Crippen LogP contribution in [0.5, 0.6) is 5.75 Å². The van der Waals surface area contributed by atoms with Crippen molar-refractivity contribution in [3.8, 4) is 5.75 Å². The molecule has 0 bridgehead atoms. The number of phenolic OH excluding ortho intramolecular Hbond substituents is 1. The van der Waals surface area contributed by atoms with Gasteiger partial charge >= 0.3 is 11.9 Å². The lowest BCUT2D eigenvalue weighted by atomic mass is 9.87. The van der Waals surface area contributed by atoms with E-state index in [0.29, 0.717) is 13.0 Å². The minimum absolute atomic E-state index is 0.0797. The fraction of sp³-hybridized carbons (Fsp3) is 0.517. The molecule has 2 atom stereocenters. The number of benzene rings is 1. The summed E-state index contributed by atoms with van der Waals surface area (Å²) in [5.74, 6) is -3.16. The van der Waals surface area contributed by atoms with Gasteiger partial charge in [0.15, 0.2) is 5.12 Å². The molecule has 9 N–H and O–H groups in total. The van der Waals surface area contributed by atoms with Gasteiger partial charge in [0.05, 0.1) is 13.0 Å². The summed E-state index contributed by atoms with van der Waals surface area (Å²) < 4.78 is 5.04. The number of aromatic nitrogens is 1. The Labute approximate surface area is 264 Å².